The Morgan fingerprint density at radius 1 is 0.279 bits per heavy atom. The first-order valence-corrected chi connectivity index (χ1v) is 47.1. The highest BCUT2D eigenvalue weighted by Crippen LogP contribution is 2.61. The number of halogens is 9. The largest absolute Gasteiger partial charge is 0.494 e. The standard InChI is InChI=1S/C55H36N2.C39H23F9O3S.C26H25BN2O2/c1-3-15-40(16-4-1)55(41-17-5-2-6-18-41)50-23-11-9-21-46(50)47-31-30-39(35-51(47)55)43-33-32-42(44-19-7-8-20-45(43)44)37-26-28-38(29-27-37)49-36-54(53-25-13-14-34-56-53)57-52-24-12-10-22-48(49)52;40-36(41,38(44,45)46)37(42,43)39(47,48)52(49,50)51-34-22-21-27(28-15-7-8-17-31(28)34)24-19-20-30-29-16-9-10-18-32(29)35(33(30)23-24,25-11-3-1-4-12-25)26-13-5-2-6-14-26;1-25(2)26(3,4)31-27(30-25)19-14-12-18(13-15-19)21-17-24(23-11-7-8-16-28-23)29-22-10-6-5-9-20(21)22/h1-36H;1-23H;5-17H,1-4H3. The first-order chi connectivity index (χ1) is 67.6. The Labute approximate surface area is 803 Å². The van der Waals surface area contributed by atoms with Gasteiger partial charge in [0.25, 0.3) is 0 Å². The minimum Gasteiger partial charge on any atom is -0.399 e. The van der Waals surface area contributed by atoms with Gasteiger partial charge < -0.3 is 13.5 Å². The summed E-state index contributed by atoms with van der Waals surface area (Å²) < 4.78 is 164. The highest BCUT2D eigenvalue weighted by atomic mass is 32.2. The Hall–Kier alpha value is -15.7. The van der Waals surface area contributed by atoms with Crippen LogP contribution < -0.4 is 9.65 Å². The summed E-state index contributed by atoms with van der Waals surface area (Å²) in [4.78, 5) is 18.9. The van der Waals surface area contributed by atoms with Crippen LogP contribution in [-0.2, 0) is 30.3 Å². The van der Waals surface area contributed by atoms with Crippen molar-refractivity contribution in [3.05, 3.63) is 482 Å². The first kappa shape index (κ1) is 90.7. The van der Waals surface area contributed by atoms with Gasteiger partial charge in [0, 0.05) is 28.6 Å². The number of fused-ring (bicyclic) bond motifs is 10. The van der Waals surface area contributed by atoms with Gasteiger partial charge in [0.1, 0.15) is 0 Å². The predicted octanol–water partition coefficient (Wildman–Crippen LogP) is 30.1. The molecule has 686 valence electrons. The van der Waals surface area contributed by atoms with Crippen LogP contribution in [0, 0.1) is 0 Å². The van der Waals surface area contributed by atoms with Gasteiger partial charge in [0.15, 0.2) is 5.75 Å². The Morgan fingerprint density at radius 3 is 0.993 bits per heavy atom. The van der Waals surface area contributed by atoms with E-state index in [9.17, 15) is 47.9 Å². The summed E-state index contributed by atoms with van der Waals surface area (Å²) in [6.07, 6.45) is -3.59. The van der Waals surface area contributed by atoms with Crippen molar-refractivity contribution in [3.63, 3.8) is 0 Å². The van der Waals surface area contributed by atoms with E-state index in [-0.39, 0.29) is 29.1 Å². The molecule has 1 saturated heterocycles. The Morgan fingerprint density at radius 2 is 0.593 bits per heavy atom. The molecule has 0 amide bonds. The van der Waals surface area contributed by atoms with Crippen molar-refractivity contribution in [2.24, 2.45) is 0 Å². The van der Waals surface area contributed by atoms with Crippen molar-refractivity contribution < 1.29 is 61.4 Å². The molecule has 1 fully saturated rings. The van der Waals surface area contributed by atoms with Crippen LogP contribution in [-0.4, -0.2) is 70.0 Å². The zero-order chi connectivity index (χ0) is 96.7. The molecule has 23 rings (SSSR count). The van der Waals surface area contributed by atoms with Gasteiger partial charge in [-0.05, 0) is 245 Å². The zero-order valence-electron chi connectivity index (χ0n) is 75.8. The summed E-state index contributed by atoms with van der Waals surface area (Å²) >= 11 is 0. The first-order valence-electron chi connectivity index (χ1n) is 45.7. The molecule has 0 N–H and O–H groups in total. The second-order valence-electron chi connectivity index (χ2n) is 36.0. The van der Waals surface area contributed by atoms with E-state index < -0.39 is 50.0 Å². The summed E-state index contributed by atoms with van der Waals surface area (Å²) in [5.74, 6) is -15.9. The number of para-hydroxylation sites is 2. The maximum absolute atomic E-state index is 14.6. The monoisotopic (exact) mass is 1870 g/mol. The van der Waals surface area contributed by atoms with Gasteiger partial charge in [0.2, 0.25) is 0 Å². The number of nitrogens with zero attached hydrogens (tertiary/aromatic N) is 4. The van der Waals surface area contributed by atoms with Gasteiger partial charge in [-0.2, -0.15) is 47.9 Å². The van der Waals surface area contributed by atoms with Crippen LogP contribution in [0.5, 0.6) is 5.75 Å². The second kappa shape index (κ2) is 35.4. The van der Waals surface area contributed by atoms with Crippen molar-refractivity contribution in [3.8, 4) is 106 Å². The summed E-state index contributed by atoms with van der Waals surface area (Å²) in [5, 5.41) is -2.36. The molecule has 4 aromatic heterocycles. The predicted molar refractivity (Wildman–Crippen MR) is 539 cm³/mol. The number of aromatic nitrogens is 4. The number of alkyl halides is 9. The summed E-state index contributed by atoms with van der Waals surface area (Å²) in [6, 6.07) is 142. The van der Waals surface area contributed by atoms with Gasteiger partial charge in [0.05, 0.1) is 55.8 Å². The van der Waals surface area contributed by atoms with Gasteiger partial charge in [-0.1, -0.05) is 352 Å². The molecule has 20 heteroatoms. The summed E-state index contributed by atoms with van der Waals surface area (Å²) in [7, 11) is -7.53. The van der Waals surface area contributed by atoms with E-state index in [1.54, 1.807) is 12.3 Å². The Bertz CT molecular complexity index is 8170. The van der Waals surface area contributed by atoms with Crippen molar-refractivity contribution in [1.82, 2.24) is 19.9 Å². The highest BCUT2D eigenvalue weighted by molar-refractivity contribution is 7.88. The van der Waals surface area contributed by atoms with Crippen molar-refractivity contribution in [2.75, 3.05) is 0 Å². The third-order valence-electron chi connectivity index (χ3n) is 27.5. The lowest BCUT2D eigenvalue weighted by molar-refractivity contribution is -0.382. The van der Waals surface area contributed by atoms with Gasteiger partial charge in [-0.15, -0.1) is 0 Å². The van der Waals surface area contributed by atoms with Gasteiger partial charge in [-0.3, -0.25) is 9.97 Å². The molecule has 1 aliphatic heterocycles. The minimum absolute atomic E-state index is 0.173. The molecular weight excluding hydrogens is 1790 g/mol. The van der Waals surface area contributed by atoms with E-state index in [4.69, 9.17) is 19.3 Å². The fourth-order valence-electron chi connectivity index (χ4n) is 20.1. The third kappa shape index (κ3) is 15.3. The maximum atomic E-state index is 14.6. The third-order valence-corrected chi connectivity index (χ3v) is 28.8. The lowest BCUT2D eigenvalue weighted by Gasteiger charge is -2.34. The van der Waals surface area contributed by atoms with Crippen LogP contribution in [0.4, 0.5) is 39.5 Å². The number of rotatable bonds is 17. The smallest absolute Gasteiger partial charge is 0.399 e. The molecule has 0 saturated carbocycles. The Kier molecular flexibility index (Phi) is 22.9. The number of benzene rings is 16. The van der Waals surface area contributed by atoms with E-state index in [0.29, 0.717) is 11.1 Å². The van der Waals surface area contributed by atoms with Gasteiger partial charge >= 0.3 is 40.5 Å². The molecule has 3 aliphatic rings. The fourth-order valence-corrected chi connectivity index (χ4v) is 21.0. The van der Waals surface area contributed by atoms with E-state index in [2.05, 4.69) is 266 Å². The van der Waals surface area contributed by atoms with Crippen LogP contribution in [0.25, 0.3) is 144 Å². The van der Waals surface area contributed by atoms with E-state index in [0.717, 1.165) is 112 Å². The van der Waals surface area contributed by atoms with E-state index in [1.807, 2.05) is 164 Å². The van der Waals surface area contributed by atoms with Crippen LogP contribution >= 0.6 is 0 Å². The SMILES string of the molecule is CC1(C)OB(c2ccc(-c3cc(-c4ccccn4)nc4ccccc34)cc2)OC1(C)C.O=S(=O)(Oc1ccc(-c2ccc3c(c2)C(c2ccccc2)(c2ccccc2)c2ccccc2-3)c2ccccc12)C(F)(F)C(F)(F)C(F)(F)C(F)(F)F.c1ccc(C2(c3ccccc3)c3ccccc3-c3ccc(-c4ccc(-c5ccc(-c6cc(-c7ccccn7)nc7ccccc67)cc5)c5ccccc45)cc32)cc1. The molecule has 5 heterocycles. The van der Waals surface area contributed by atoms with Crippen LogP contribution in [0.1, 0.15) is 72.2 Å². The van der Waals surface area contributed by atoms with Crippen molar-refractivity contribution in [2.45, 2.75) is 73.0 Å². The van der Waals surface area contributed by atoms with Crippen LogP contribution in [0.3, 0.4) is 0 Å². The molecule has 140 heavy (non-hydrogen) atoms. The molecular formula is C120H84BF9N4O5S. The summed E-state index contributed by atoms with van der Waals surface area (Å²) in [6.45, 7) is 8.29. The van der Waals surface area contributed by atoms with Crippen LogP contribution in [0.2, 0.25) is 0 Å². The van der Waals surface area contributed by atoms with Crippen molar-refractivity contribution >= 4 is 66.1 Å². The lowest BCUT2D eigenvalue weighted by Crippen LogP contribution is -2.63. The number of hydrogen-bond acceptors (Lipinski definition) is 9. The molecule has 0 bridgehead atoms. The Balaban J connectivity index is 0.000000130. The quantitative estimate of drug-likeness (QED) is 0.0499. The molecule has 2 aliphatic carbocycles. The van der Waals surface area contributed by atoms with Gasteiger partial charge in [-0.25, -0.2) is 9.97 Å². The zero-order valence-corrected chi connectivity index (χ0v) is 76.6. The molecule has 16 aromatic carbocycles. The van der Waals surface area contributed by atoms with Crippen LogP contribution in [0.15, 0.2) is 437 Å². The molecule has 0 atom stereocenters. The molecule has 0 spiro atoms. The average molecular weight is 1880 g/mol. The second-order valence-corrected chi connectivity index (χ2v) is 37.6. The molecule has 20 aromatic rings. The van der Waals surface area contributed by atoms with E-state index >= 15 is 0 Å². The fraction of sp³-hybridized carbons (Fsp3) is 0.100. The number of pyridine rings is 4. The highest BCUT2D eigenvalue weighted by Gasteiger charge is 2.86. The lowest BCUT2D eigenvalue weighted by atomic mass is 9.67. The average Bonchev–Trinajstić information content (AvgIpc) is 1.36. The minimum atomic E-state index is -7.43. The molecule has 9 nitrogen and oxygen atoms in total. The maximum Gasteiger partial charge on any atom is 0.494 e. The normalized spacial score (nSPS) is 14.4. The molecule has 0 radical (unpaired) electrons. The molecule has 0 unspecified atom stereocenters. The van der Waals surface area contributed by atoms with Crippen molar-refractivity contribution in [1.29, 1.82) is 0 Å². The van der Waals surface area contributed by atoms with E-state index in [1.165, 1.54) is 96.7 Å². The summed E-state index contributed by atoms with van der Waals surface area (Å²) in [5.41, 5.74) is 28.3. The topological polar surface area (TPSA) is 113 Å². The number of hydrogen-bond donors (Lipinski definition) is 0.